The standard InChI is InChI=1S/C30H37N3O4S/c1-4-37-25-12-10-21(18-26(25)36-3)19-28-30(35)31(2)24-20-22(11-13-27(24)38-28)29(34)33-16-14-32(15-17-33)23-8-6-5-7-9-23/h10-13,18-20,23H,4-9,14-17H2,1-3H3/b28-19+. The molecule has 0 unspecified atom stereocenters. The minimum atomic E-state index is -0.0963. The Morgan fingerprint density at radius 1 is 1.03 bits per heavy atom. The Hall–Kier alpha value is -2.97. The number of piperazine rings is 1. The topological polar surface area (TPSA) is 62.3 Å². The van der Waals surface area contributed by atoms with Gasteiger partial charge in [-0.3, -0.25) is 14.5 Å². The lowest BCUT2D eigenvalue weighted by molar-refractivity contribution is -0.114. The third-order valence-electron chi connectivity index (χ3n) is 7.78. The zero-order valence-corrected chi connectivity index (χ0v) is 23.4. The van der Waals surface area contributed by atoms with E-state index in [9.17, 15) is 9.59 Å². The molecule has 0 spiro atoms. The van der Waals surface area contributed by atoms with Crippen LogP contribution >= 0.6 is 11.8 Å². The van der Waals surface area contributed by atoms with Gasteiger partial charge in [0.2, 0.25) is 0 Å². The van der Waals surface area contributed by atoms with Crippen molar-refractivity contribution in [1.82, 2.24) is 9.80 Å². The lowest BCUT2D eigenvalue weighted by Gasteiger charge is -2.40. The zero-order chi connectivity index (χ0) is 26.6. The Morgan fingerprint density at radius 2 is 1.79 bits per heavy atom. The summed E-state index contributed by atoms with van der Waals surface area (Å²) in [4.78, 5) is 34.4. The van der Waals surface area contributed by atoms with Gasteiger partial charge in [0.25, 0.3) is 11.8 Å². The van der Waals surface area contributed by atoms with Crippen LogP contribution < -0.4 is 14.4 Å². The van der Waals surface area contributed by atoms with Crippen molar-refractivity contribution in [2.75, 3.05) is 51.8 Å². The largest absolute Gasteiger partial charge is 0.493 e. The van der Waals surface area contributed by atoms with E-state index in [0.29, 0.717) is 34.6 Å². The highest BCUT2D eigenvalue weighted by Crippen LogP contribution is 2.42. The number of amides is 2. The maximum atomic E-state index is 13.4. The molecule has 2 aromatic rings. The van der Waals surface area contributed by atoms with Crippen LogP contribution in [0.1, 0.15) is 54.9 Å². The van der Waals surface area contributed by atoms with Gasteiger partial charge in [-0.05, 0) is 61.7 Å². The number of hydrogen-bond acceptors (Lipinski definition) is 6. The van der Waals surface area contributed by atoms with Gasteiger partial charge >= 0.3 is 0 Å². The fourth-order valence-electron chi connectivity index (χ4n) is 5.65. The number of fused-ring (bicyclic) bond motifs is 1. The minimum Gasteiger partial charge on any atom is -0.493 e. The first kappa shape index (κ1) is 26.6. The molecule has 3 aliphatic rings. The molecule has 0 atom stereocenters. The number of rotatable bonds is 6. The van der Waals surface area contributed by atoms with Crippen LogP contribution in [0.4, 0.5) is 5.69 Å². The Morgan fingerprint density at radius 3 is 2.50 bits per heavy atom. The second kappa shape index (κ2) is 11.8. The number of carbonyl (C=O) groups excluding carboxylic acids is 2. The average molecular weight is 536 g/mol. The molecule has 0 radical (unpaired) electrons. The van der Waals surface area contributed by atoms with Gasteiger partial charge in [-0.1, -0.05) is 37.1 Å². The summed E-state index contributed by atoms with van der Waals surface area (Å²) in [6, 6.07) is 12.1. The molecule has 0 bridgehead atoms. The highest BCUT2D eigenvalue weighted by molar-refractivity contribution is 8.04. The summed E-state index contributed by atoms with van der Waals surface area (Å²) in [7, 11) is 3.37. The van der Waals surface area contributed by atoms with Crippen LogP contribution in [0.25, 0.3) is 6.08 Å². The van der Waals surface area contributed by atoms with Gasteiger partial charge in [-0.25, -0.2) is 0 Å². The van der Waals surface area contributed by atoms with Crippen molar-refractivity contribution >= 4 is 35.3 Å². The molecule has 1 saturated heterocycles. The van der Waals surface area contributed by atoms with Crippen molar-refractivity contribution in [2.24, 2.45) is 0 Å². The molecule has 2 heterocycles. The highest BCUT2D eigenvalue weighted by atomic mass is 32.2. The van der Waals surface area contributed by atoms with Gasteiger partial charge in [-0.15, -0.1) is 0 Å². The molecule has 1 saturated carbocycles. The number of hydrogen-bond donors (Lipinski definition) is 0. The Balaban J connectivity index is 1.29. The van der Waals surface area contributed by atoms with Gasteiger partial charge in [0.05, 0.1) is 24.3 Å². The lowest BCUT2D eigenvalue weighted by atomic mass is 9.94. The minimum absolute atomic E-state index is 0.0461. The van der Waals surface area contributed by atoms with Crippen molar-refractivity contribution in [2.45, 2.75) is 50.0 Å². The summed E-state index contributed by atoms with van der Waals surface area (Å²) in [5, 5.41) is 0. The van der Waals surface area contributed by atoms with Crippen LogP contribution in [0.5, 0.6) is 11.5 Å². The first-order chi connectivity index (χ1) is 18.5. The van der Waals surface area contributed by atoms with Crippen molar-refractivity contribution in [3.8, 4) is 11.5 Å². The van der Waals surface area contributed by atoms with E-state index in [0.717, 1.165) is 42.3 Å². The monoisotopic (exact) mass is 535 g/mol. The Bertz CT molecular complexity index is 1220. The first-order valence-corrected chi connectivity index (χ1v) is 14.5. The van der Waals surface area contributed by atoms with Gasteiger partial charge in [0.1, 0.15) is 0 Å². The van der Waals surface area contributed by atoms with Gasteiger partial charge < -0.3 is 19.3 Å². The van der Waals surface area contributed by atoms with Crippen LogP contribution in [0.15, 0.2) is 46.2 Å². The van der Waals surface area contributed by atoms with Gasteiger partial charge in [0, 0.05) is 49.7 Å². The van der Waals surface area contributed by atoms with E-state index in [4.69, 9.17) is 9.47 Å². The summed E-state index contributed by atoms with van der Waals surface area (Å²) in [6.45, 7) is 5.88. The first-order valence-electron chi connectivity index (χ1n) is 13.6. The van der Waals surface area contributed by atoms with Crippen molar-refractivity contribution in [1.29, 1.82) is 0 Å². The van der Waals surface area contributed by atoms with Crippen LogP contribution in [-0.2, 0) is 4.79 Å². The molecule has 2 fully saturated rings. The summed E-state index contributed by atoms with van der Waals surface area (Å²) >= 11 is 1.43. The second-order valence-electron chi connectivity index (χ2n) is 10.1. The predicted molar refractivity (Wildman–Crippen MR) is 152 cm³/mol. The fourth-order valence-corrected chi connectivity index (χ4v) is 6.74. The van der Waals surface area contributed by atoms with E-state index in [1.807, 2.05) is 54.3 Å². The predicted octanol–water partition coefficient (Wildman–Crippen LogP) is 5.29. The van der Waals surface area contributed by atoms with Crippen molar-refractivity contribution in [3.05, 3.63) is 52.4 Å². The SMILES string of the molecule is CCOc1ccc(/C=C2/Sc3ccc(C(=O)N4CCN(C5CCCCC5)CC4)cc3N(C)C2=O)cc1OC. The van der Waals surface area contributed by atoms with E-state index >= 15 is 0 Å². The molecule has 5 rings (SSSR count). The third-order valence-corrected chi connectivity index (χ3v) is 8.86. The quantitative estimate of drug-likeness (QED) is 0.468. The Kier molecular flexibility index (Phi) is 8.29. The number of likely N-dealkylation sites (N-methyl/N-ethyl adjacent to an activating group) is 1. The second-order valence-corrected chi connectivity index (χ2v) is 11.2. The molecular weight excluding hydrogens is 498 g/mol. The van der Waals surface area contributed by atoms with E-state index in [2.05, 4.69) is 4.90 Å². The smallest absolute Gasteiger partial charge is 0.264 e. The molecule has 2 amide bonds. The Labute approximate surface area is 229 Å². The van der Waals surface area contributed by atoms with E-state index in [1.54, 1.807) is 19.1 Å². The van der Waals surface area contributed by atoms with E-state index < -0.39 is 0 Å². The molecule has 38 heavy (non-hydrogen) atoms. The third kappa shape index (κ3) is 5.57. The fraction of sp³-hybridized carbons (Fsp3) is 0.467. The zero-order valence-electron chi connectivity index (χ0n) is 22.6. The molecule has 0 aromatic heterocycles. The number of thioether (sulfide) groups is 1. The molecule has 0 N–H and O–H groups in total. The van der Waals surface area contributed by atoms with Crippen LogP contribution in [0.3, 0.4) is 0 Å². The highest BCUT2D eigenvalue weighted by Gasteiger charge is 2.30. The maximum absolute atomic E-state index is 13.4. The molecule has 1 aliphatic carbocycles. The summed E-state index contributed by atoms with van der Waals surface area (Å²) in [5.41, 5.74) is 2.27. The van der Waals surface area contributed by atoms with E-state index in [1.165, 1.54) is 43.9 Å². The van der Waals surface area contributed by atoms with Gasteiger partial charge in [-0.2, -0.15) is 0 Å². The molecule has 7 nitrogen and oxygen atoms in total. The number of ether oxygens (including phenoxy) is 2. The molecule has 2 aromatic carbocycles. The normalized spacial score (nSPS) is 20.0. The maximum Gasteiger partial charge on any atom is 0.264 e. The number of carbonyl (C=O) groups is 2. The number of methoxy groups -OCH3 is 1. The van der Waals surface area contributed by atoms with Crippen molar-refractivity contribution < 1.29 is 19.1 Å². The summed E-state index contributed by atoms with van der Waals surface area (Å²) in [5.74, 6) is 1.26. The average Bonchev–Trinajstić information content (AvgIpc) is 2.96. The summed E-state index contributed by atoms with van der Waals surface area (Å²) < 4.78 is 11.1. The van der Waals surface area contributed by atoms with E-state index in [-0.39, 0.29) is 11.8 Å². The molecular formula is C30H37N3O4S. The molecule has 2 aliphatic heterocycles. The number of anilines is 1. The molecule has 8 heteroatoms. The molecule has 202 valence electrons. The van der Waals surface area contributed by atoms with Crippen molar-refractivity contribution in [3.63, 3.8) is 0 Å². The summed E-state index contributed by atoms with van der Waals surface area (Å²) in [6.07, 6.45) is 8.47. The lowest BCUT2D eigenvalue weighted by Crippen LogP contribution is -2.52. The number of nitrogens with zero attached hydrogens (tertiary/aromatic N) is 3. The number of benzene rings is 2. The van der Waals surface area contributed by atoms with Gasteiger partial charge in [0.15, 0.2) is 11.5 Å². The van der Waals surface area contributed by atoms with Crippen LogP contribution in [0.2, 0.25) is 0 Å². The van der Waals surface area contributed by atoms with Crippen LogP contribution in [0, 0.1) is 0 Å². The van der Waals surface area contributed by atoms with Crippen LogP contribution in [-0.4, -0.2) is 74.6 Å².